The van der Waals surface area contributed by atoms with E-state index < -0.39 is 0 Å². The summed E-state index contributed by atoms with van der Waals surface area (Å²) in [5, 5.41) is 3.45. The number of furan rings is 1. The fourth-order valence-corrected chi connectivity index (χ4v) is 1.90. The SMILES string of the molecule is CC(C)(C)NC(=O)c1ccc(-c2ccccc2Cl)o1. The highest BCUT2D eigenvalue weighted by molar-refractivity contribution is 6.33. The molecule has 0 saturated carbocycles. The summed E-state index contributed by atoms with van der Waals surface area (Å²) in [6.07, 6.45) is 0. The quantitative estimate of drug-likeness (QED) is 0.897. The number of nitrogens with one attached hydrogen (secondary N) is 1. The molecule has 100 valence electrons. The maximum Gasteiger partial charge on any atom is 0.287 e. The molecule has 1 heterocycles. The predicted molar refractivity (Wildman–Crippen MR) is 76.4 cm³/mol. The Balaban J connectivity index is 2.25. The van der Waals surface area contributed by atoms with E-state index in [1.54, 1.807) is 18.2 Å². The first-order valence-electron chi connectivity index (χ1n) is 6.04. The van der Waals surface area contributed by atoms with Crippen LogP contribution in [-0.4, -0.2) is 11.4 Å². The van der Waals surface area contributed by atoms with E-state index in [1.165, 1.54) is 0 Å². The Morgan fingerprint density at radius 3 is 2.47 bits per heavy atom. The van der Waals surface area contributed by atoms with Gasteiger partial charge >= 0.3 is 0 Å². The summed E-state index contributed by atoms with van der Waals surface area (Å²) in [7, 11) is 0. The molecular weight excluding hydrogens is 262 g/mol. The van der Waals surface area contributed by atoms with Crippen molar-refractivity contribution in [1.82, 2.24) is 5.32 Å². The zero-order valence-corrected chi connectivity index (χ0v) is 11.9. The van der Waals surface area contributed by atoms with Gasteiger partial charge in [0.1, 0.15) is 5.76 Å². The van der Waals surface area contributed by atoms with Crippen molar-refractivity contribution < 1.29 is 9.21 Å². The molecule has 0 atom stereocenters. The molecule has 0 saturated heterocycles. The van der Waals surface area contributed by atoms with Crippen LogP contribution in [0.15, 0.2) is 40.8 Å². The molecule has 0 bridgehead atoms. The molecule has 19 heavy (non-hydrogen) atoms. The van der Waals surface area contributed by atoms with E-state index in [4.69, 9.17) is 16.0 Å². The molecule has 2 aromatic rings. The van der Waals surface area contributed by atoms with Crippen LogP contribution in [0.5, 0.6) is 0 Å². The van der Waals surface area contributed by atoms with Crippen LogP contribution in [0, 0.1) is 0 Å². The van der Waals surface area contributed by atoms with Crippen molar-refractivity contribution >= 4 is 17.5 Å². The monoisotopic (exact) mass is 277 g/mol. The third kappa shape index (κ3) is 3.38. The van der Waals surface area contributed by atoms with E-state index in [0.29, 0.717) is 10.8 Å². The lowest BCUT2D eigenvalue weighted by molar-refractivity contribution is 0.0892. The highest BCUT2D eigenvalue weighted by atomic mass is 35.5. The summed E-state index contributed by atoms with van der Waals surface area (Å²) >= 11 is 6.09. The fourth-order valence-electron chi connectivity index (χ4n) is 1.67. The molecule has 1 amide bonds. The molecule has 0 unspecified atom stereocenters. The molecule has 0 fully saturated rings. The second-order valence-corrected chi connectivity index (χ2v) is 5.76. The molecule has 0 radical (unpaired) electrons. The van der Waals surface area contributed by atoms with Gasteiger partial charge in [0, 0.05) is 11.1 Å². The Morgan fingerprint density at radius 1 is 1.16 bits per heavy atom. The van der Waals surface area contributed by atoms with E-state index in [-0.39, 0.29) is 17.2 Å². The summed E-state index contributed by atoms with van der Waals surface area (Å²) in [5.41, 5.74) is 0.480. The Bertz CT molecular complexity index is 596. The molecule has 0 aliphatic rings. The minimum atomic E-state index is -0.297. The van der Waals surface area contributed by atoms with Gasteiger partial charge in [0.05, 0.1) is 5.02 Å². The van der Waals surface area contributed by atoms with Crippen LogP contribution in [0.3, 0.4) is 0 Å². The third-order valence-electron chi connectivity index (χ3n) is 2.46. The zero-order valence-electron chi connectivity index (χ0n) is 11.2. The van der Waals surface area contributed by atoms with Crippen LogP contribution in [0.4, 0.5) is 0 Å². The summed E-state index contributed by atoms with van der Waals surface area (Å²) in [4.78, 5) is 12.0. The van der Waals surface area contributed by atoms with Crippen molar-refractivity contribution in [2.45, 2.75) is 26.3 Å². The van der Waals surface area contributed by atoms with Gasteiger partial charge in [0.2, 0.25) is 0 Å². The van der Waals surface area contributed by atoms with Crippen molar-refractivity contribution in [3.8, 4) is 11.3 Å². The standard InChI is InChI=1S/C15H16ClNO2/c1-15(2,3)17-14(18)13-9-8-12(19-13)10-6-4-5-7-11(10)16/h4-9H,1-3H3,(H,17,18). The lowest BCUT2D eigenvalue weighted by Gasteiger charge is -2.19. The molecule has 1 aromatic carbocycles. The van der Waals surface area contributed by atoms with Gasteiger partial charge < -0.3 is 9.73 Å². The smallest absolute Gasteiger partial charge is 0.287 e. The summed E-state index contributed by atoms with van der Waals surface area (Å²) in [6, 6.07) is 10.8. The minimum absolute atomic E-state index is 0.231. The first-order valence-corrected chi connectivity index (χ1v) is 6.42. The number of carbonyl (C=O) groups is 1. The largest absolute Gasteiger partial charge is 0.451 e. The molecule has 2 rings (SSSR count). The average molecular weight is 278 g/mol. The second-order valence-electron chi connectivity index (χ2n) is 5.35. The molecule has 0 aliphatic carbocycles. The number of hydrogen-bond donors (Lipinski definition) is 1. The number of benzene rings is 1. The fraction of sp³-hybridized carbons (Fsp3) is 0.267. The number of carbonyl (C=O) groups excluding carboxylic acids is 1. The van der Waals surface area contributed by atoms with Gasteiger partial charge in [0.25, 0.3) is 5.91 Å². The highest BCUT2D eigenvalue weighted by Gasteiger charge is 2.18. The first-order chi connectivity index (χ1) is 8.87. The van der Waals surface area contributed by atoms with Gasteiger partial charge in [-0.2, -0.15) is 0 Å². The third-order valence-corrected chi connectivity index (χ3v) is 2.79. The molecule has 0 aliphatic heterocycles. The second kappa shape index (κ2) is 5.10. The molecule has 1 aromatic heterocycles. The number of halogens is 1. The molecule has 0 spiro atoms. The van der Waals surface area contributed by atoms with Crippen LogP contribution in [0.25, 0.3) is 11.3 Å². The van der Waals surface area contributed by atoms with Crippen molar-refractivity contribution in [1.29, 1.82) is 0 Å². The first kappa shape index (κ1) is 13.7. The van der Waals surface area contributed by atoms with E-state index in [9.17, 15) is 4.79 Å². The van der Waals surface area contributed by atoms with Crippen LogP contribution < -0.4 is 5.32 Å². The lowest BCUT2D eigenvalue weighted by Crippen LogP contribution is -2.40. The zero-order chi connectivity index (χ0) is 14.0. The minimum Gasteiger partial charge on any atom is -0.451 e. The van der Waals surface area contributed by atoms with Crippen LogP contribution in [0.2, 0.25) is 5.02 Å². The summed E-state index contributed by atoms with van der Waals surface area (Å²) in [5.74, 6) is 0.639. The summed E-state index contributed by atoms with van der Waals surface area (Å²) < 4.78 is 5.56. The van der Waals surface area contributed by atoms with Crippen molar-refractivity contribution in [2.75, 3.05) is 0 Å². The maximum atomic E-state index is 12.0. The number of hydrogen-bond acceptors (Lipinski definition) is 2. The number of amides is 1. The van der Waals surface area contributed by atoms with Crippen LogP contribution in [0.1, 0.15) is 31.3 Å². The highest BCUT2D eigenvalue weighted by Crippen LogP contribution is 2.29. The van der Waals surface area contributed by atoms with E-state index in [0.717, 1.165) is 5.56 Å². The molecule has 3 nitrogen and oxygen atoms in total. The molecular formula is C15H16ClNO2. The topological polar surface area (TPSA) is 42.2 Å². The Hall–Kier alpha value is -1.74. The van der Waals surface area contributed by atoms with Gasteiger partial charge in [-0.15, -0.1) is 0 Å². The predicted octanol–water partition coefficient (Wildman–Crippen LogP) is 4.13. The van der Waals surface area contributed by atoms with Gasteiger partial charge in [-0.05, 0) is 45.0 Å². The van der Waals surface area contributed by atoms with Gasteiger partial charge in [-0.3, -0.25) is 4.79 Å². The Morgan fingerprint density at radius 2 is 1.84 bits per heavy atom. The average Bonchev–Trinajstić information content (AvgIpc) is 2.76. The van der Waals surface area contributed by atoms with Gasteiger partial charge in [-0.25, -0.2) is 0 Å². The molecule has 1 N–H and O–H groups in total. The van der Waals surface area contributed by atoms with Gasteiger partial charge in [0.15, 0.2) is 5.76 Å². The summed E-state index contributed by atoms with van der Waals surface area (Å²) in [6.45, 7) is 5.76. The Labute approximate surface area is 117 Å². The maximum absolute atomic E-state index is 12.0. The number of rotatable bonds is 2. The molecule has 4 heteroatoms. The van der Waals surface area contributed by atoms with Crippen LogP contribution >= 0.6 is 11.6 Å². The van der Waals surface area contributed by atoms with Crippen molar-refractivity contribution in [3.05, 3.63) is 47.2 Å². The van der Waals surface area contributed by atoms with Crippen molar-refractivity contribution in [3.63, 3.8) is 0 Å². The van der Waals surface area contributed by atoms with Gasteiger partial charge in [-0.1, -0.05) is 23.7 Å². The normalized spacial score (nSPS) is 11.4. The van der Waals surface area contributed by atoms with Crippen molar-refractivity contribution in [2.24, 2.45) is 0 Å². The van der Waals surface area contributed by atoms with E-state index >= 15 is 0 Å². The Kier molecular flexibility index (Phi) is 3.67. The van der Waals surface area contributed by atoms with Crippen LogP contribution in [-0.2, 0) is 0 Å². The lowest BCUT2D eigenvalue weighted by atomic mass is 10.1. The van der Waals surface area contributed by atoms with E-state index in [2.05, 4.69) is 5.32 Å². The van der Waals surface area contributed by atoms with E-state index in [1.807, 2.05) is 39.0 Å².